The Morgan fingerprint density at radius 1 is 1.19 bits per heavy atom. The third kappa shape index (κ3) is 3.61. The van der Waals surface area contributed by atoms with Crippen LogP contribution in [-0.4, -0.2) is 51.7 Å². The monoisotopic (exact) mass is 312 g/mol. The first kappa shape index (κ1) is 14.9. The summed E-state index contributed by atoms with van der Waals surface area (Å²) in [4.78, 5) is 0. The van der Waals surface area contributed by atoms with Gasteiger partial charge in [-0.2, -0.15) is 17.4 Å². The summed E-state index contributed by atoms with van der Waals surface area (Å²) in [5, 5.41) is 0. The maximum absolute atomic E-state index is 12.2. The number of nitrogens with one attached hydrogen (secondary N) is 1. The SMILES string of the molecule is O=S(=O)(NCC1Cc2ccccc2CO1)N1CCOCC1. The average molecular weight is 312 g/mol. The summed E-state index contributed by atoms with van der Waals surface area (Å²) in [6, 6.07) is 8.10. The predicted octanol–water partition coefficient (Wildman–Crippen LogP) is 0.294. The van der Waals surface area contributed by atoms with Gasteiger partial charge < -0.3 is 9.47 Å². The maximum atomic E-state index is 12.2. The quantitative estimate of drug-likeness (QED) is 0.868. The zero-order valence-electron chi connectivity index (χ0n) is 11.8. The van der Waals surface area contributed by atoms with Crippen LogP contribution < -0.4 is 4.72 Å². The normalized spacial score (nSPS) is 23.7. The second-order valence-corrected chi connectivity index (χ2v) is 7.03. The lowest BCUT2D eigenvalue weighted by molar-refractivity contribution is 0.0315. The first-order valence-corrected chi connectivity index (χ1v) is 8.60. The van der Waals surface area contributed by atoms with Gasteiger partial charge in [-0.1, -0.05) is 24.3 Å². The average Bonchev–Trinajstić information content (AvgIpc) is 2.54. The van der Waals surface area contributed by atoms with Crippen LogP contribution in [0.3, 0.4) is 0 Å². The van der Waals surface area contributed by atoms with Gasteiger partial charge in [0.05, 0.1) is 25.9 Å². The summed E-state index contributed by atoms with van der Waals surface area (Å²) in [6.07, 6.45) is 0.623. The molecule has 21 heavy (non-hydrogen) atoms. The van der Waals surface area contributed by atoms with Crippen LogP contribution in [0.2, 0.25) is 0 Å². The first-order valence-electron chi connectivity index (χ1n) is 7.16. The number of hydrogen-bond donors (Lipinski definition) is 1. The van der Waals surface area contributed by atoms with E-state index in [9.17, 15) is 8.42 Å². The van der Waals surface area contributed by atoms with Crippen LogP contribution in [0.1, 0.15) is 11.1 Å². The van der Waals surface area contributed by atoms with E-state index in [1.54, 1.807) is 0 Å². The van der Waals surface area contributed by atoms with Crippen molar-refractivity contribution in [3.63, 3.8) is 0 Å². The van der Waals surface area contributed by atoms with Crippen molar-refractivity contribution in [3.05, 3.63) is 35.4 Å². The minimum Gasteiger partial charge on any atom is -0.379 e. The maximum Gasteiger partial charge on any atom is 0.279 e. The van der Waals surface area contributed by atoms with Gasteiger partial charge in [-0.15, -0.1) is 0 Å². The molecule has 0 spiro atoms. The number of ether oxygens (including phenoxy) is 2. The molecule has 1 N–H and O–H groups in total. The molecule has 1 aromatic rings. The molecule has 0 saturated carbocycles. The molecule has 1 aromatic carbocycles. The molecule has 2 aliphatic rings. The highest BCUT2D eigenvalue weighted by molar-refractivity contribution is 7.87. The second-order valence-electron chi connectivity index (χ2n) is 5.27. The van der Waals surface area contributed by atoms with Crippen LogP contribution in [0.15, 0.2) is 24.3 Å². The van der Waals surface area contributed by atoms with Crippen molar-refractivity contribution >= 4 is 10.2 Å². The Kier molecular flexibility index (Phi) is 4.56. The van der Waals surface area contributed by atoms with Gasteiger partial charge in [-0.3, -0.25) is 0 Å². The molecule has 1 saturated heterocycles. The fourth-order valence-electron chi connectivity index (χ4n) is 2.62. The molecule has 0 aliphatic carbocycles. The highest BCUT2D eigenvalue weighted by atomic mass is 32.2. The van der Waals surface area contributed by atoms with Crippen LogP contribution in [-0.2, 0) is 32.7 Å². The summed E-state index contributed by atoms with van der Waals surface area (Å²) in [5.41, 5.74) is 2.42. The highest BCUT2D eigenvalue weighted by Gasteiger charge is 2.26. The number of fused-ring (bicyclic) bond motifs is 1. The summed E-state index contributed by atoms with van der Waals surface area (Å²) >= 11 is 0. The van der Waals surface area contributed by atoms with Gasteiger partial charge in [-0.25, -0.2) is 0 Å². The molecule has 116 valence electrons. The van der Waals surface area contributed by atoms with E-state index in [1.165, 1.54) is 15.4 Å². The van der Waals surface area contributed by atoms with Gasteiger partial charge >= 0.3 is 0 Å². The van der Waals surface area contributed by atoms with Crippen molar-refractivity contribution in [2.24, 2.45) is 0 Å². The smallest absolute Gasteiger partial charge is 0.279 e. The molecule has 1 fully saturated rings. The first-order chi connectivity index (χ1) is 10.1. The number of morpholine rings is 1. The zero-order chi connectivity index (χ0) is 14.7. The fraction of sp³-hybridized carbons (Fsp3) is 0.571. The summed E-state index contributed by atoms with van der Waals surface area (Å²) in [6.45, 7) is 2.56. The fourth-order valence-corrected chi connectivity index (χ4v) is 3.83. The van der Waals surface area contributed by atoms with Crippen molar-refractivity contribution < 1.29 is 17.9 Å². The van der Waals surface area contributed by atoms with Crippen LogP contribution in [0.5, 0.6) is 0 Å². The molecule has 2 heterocycles. The Balaban J connectivity index is 1.56. The molecule has 0 radical (unpaired) electrons. The Bertz CT molecular complexity index is 584. The van der Waals surface area contributed by atoms with Gasteiger partial charge in [0, 0.05) is 26.1 Å². The molecule has 0 aromatic heterocycles. The van der Waals surface area contributed by atoms with E-state index in [1.807, 2.05) is 18.2 Å². The molecule has 6 nitrogen and oxygen atoms in total. The Morgan fingerprint density at radius 2 is 1.90 bits per heavy atom. The Hall–Kier alpha value is -0.990. The standard InChI is InChI=1S/C14H20N2O4S/c17-21(18,16-5-7-19-8-6-16)15-10-14-9-12-3-1-2-4-13(12)11-20-14/h1-4,14-15H,5-11H2. The molecule has 3 rings (SSSR count). The Morgan fingerprint density at radius 3 is 2.67 bits per heavy atom. The molecule has 7 heteroatoms. The van der Waals surface area contributed by atoms with Gasteiger partial charge in [0.1, 0.15) is 0 Å². The highest BCUT2D eigenvalue weighted by Crippen LogP contribution is 2.20. The second kappa shape index (κ2) is 6.41. The molecule has 1 unspecified atom stereocenters. The van der Waals surface area contributed by atoms with E-state index in [0.717, 1.165) is 6.42 Å². The van der Waals surface area contributed by atoms with E-state index in [0.29, 0.717) is 39.5 Å². The molecule has 0 bridgehead atoms. The molecular weight excluding hydrogens is 292 g/mol. The van der Waals surface area contributed by atoms with E-state index in [-0.39, 0.29) is 6.10 Å². The summed E-state index contributed by atoms with van der Waals surface area (Å²) in [7, 11) is -3.44. The lowest BCUT2D eigenvalue weighted by Crippen LogP contribution is -2.48. The van der Waals surface area contributed by atoms with Crippen molar-refractivity contribution in [3.8, 4) is 0 Å². The molecular formula is C14H20N2O4S. The van der Waals surface area contributed by atoms with Crippen molar-refractivity contribution in [2.45, 2.75) is 19.1 Å². The Labute approximate surface area is 125 Å². The van der Waals surface area contributed by atoms with Gasteiger partial charge in [-0.05, 0) is 11.1 Å². The van der Waals surface area contributed by atoms with Crippen LogP contribution in [0.4, 0.5) is 0 Å². The topological polar surface area (TPSA) is 67.9 Å². The molecule has 2 aliphatic heterocycles. The van der Waals surface area contributed by atoms with Gasteiger partial charge in [0.25, 0.3) is 10.2 Å². The molecule has 0 amide bonds. The van der Waals surface area contributed by atoms with Crippen LogP contribution >= 0.6 is 0 Å². The number of hydrogen-bond acceptors (Lipinski definition) is 4. The molecule has 1 atom stereocenters. The largest absolute Gasteiger partial charge is 0.379 e. The third-order valence-electron chi connectivity index (χ3n) is 3.84. The van der Waals surface area contributed by atoms with Crippen LogP contribution in [0.25, 0.3) is 0 Å². The van der Waals surface area contributed by atoms with E-state index < -0.39 is 10.2 Å². The summed E-state index contributed by atoms with van der Waals surface area (Å²) < 4.78 is 39.3. The minimum absolute atomic E-state index is 0.115. The predicted molar refractivity (Wildman–Crippen MR) is 78.0 cm³/mol. The third-order valence-corrected chi connectivity index (χ3v) is 5.42. The van der Waals surface area contributed by atoms with Gasteiger partial charge in [0.15, 0.2) is 0 Å². The lowest BCUT2D eigenvalue weighted by Gasteiger charge is -2.29. The summed E-state index contributed by atoms with van der Waals surface area (Å²) in [5.74, 6) is 0. The van der Waals surface area contributed by atoms with Crippen molar-refractivity contribution in [1.29, 1.82) is 0 Å². The van der Waals surface area contributed by atoms with Crippen LogP contribution in [0, 0.1) is 0 Å². The van der Waals surface area contributed by atoms with Crippen molar-refractivity contribution in [2.75, 3.05) is 32.8 Å². The van der Waals surface area contributed by atoms with Crippen molar-refractivity contribution in [1.82, 2.24) is 9.03 Å². The number of nitrogens with zero attached hydrogens (tertiary/aromatic N) is 1. The lowest BCUT2D eigenvalue weighted by atomic mass is 9.99. The van der Waals surface area contributed by atoms with Gasteiger partial charge in [0.2, 0.25) is 0 Å². The number of rotatable bonds is 4. The number of benzene rings is 1. The van der Waals surface area contributed by atoms with E-state index >= 15 is 0 Å². The minimum atomic E-state index is -3.44. The van der Waals surface area contributed by atoms with E-state index in [2.05, 4.69) is 10.8 Å². The van der Waals surface area contributed by atoms with E-state index in [4.69, 9.17) is 9.47 Å². The zero-order valence-corrected chi connectivity index (χ0v) is 12.6.